The molecule has 1 aromatic heterocycles. The second kappa shape index (κ2) is 3.30. The zero-order chi connectivity index (χ0) is 11.9. The molecule has 1 aromatic carbocycles. The lowest BCUT2D eigenvalue weighted by molar-refractivity contribution is -0.383. The van der Waals surface area contributed by atoms with Crippen LogP contribution in [-0.2, 0) is 0 Å². The molecule has 0 saturated heterocycles. The minimum atomic E-state index is -0.492. The number of aryl methyl sites for hydroxylation is 1. The van der Waals surface area contributed by atoms with E-state index in [0.717, 1.165) is 0 Å². The van der Waals surface area contributed by atoms with Crippen LogP contribution in [0.15, 0.2) is 12.1 Å². The number of nitrogens with zero attached hydrogens (tertiary/aromatic N) is 3. The summed E-state index contributed by atoms with van der Waals surface area (Å²) in [5.74, 6) is 0.0288. The number of benzene rings is 1. The number of nitrogen functional groups attached to an aromatic ring is 2. The van der Waals surface area contributed by atoms with Gasteiger partial charge in [-0.2, -0.15) is 4.98 Å². The van der Waals surface area contributed by atoms with Gasteiger partial charge in [-0.3, -0.25) is 10.1 Å². The first-order valence-corrected chi connectivity index (χ1v) is 4.47. The Bertz CT molecular complexity index is 596. The number of aromatic nitrogens is 2. The lowest BCUT2D eigenvalue weighted by atomic mass is 10.1. The van der Waals surface area contributed by atoms with Crippen molar-refractivity contribution in [2.45, 2.75) is 6.92 Å². The maximum absolute atomic E-state index is 10.9. The Labute approximate surface area is 90.3 Å². The average Bonchev–Trinajstić information content (AvgIpc) is 2.18. The first kappa shape index (κ1) is 10.1. The molecule has 0 aliphatic heterocycles. The predicted molar refractivity (Wildman–Crippen MR) is 59.8 cm³/mol. The molecule has 7 nitrogen and oxygen atoms in total. The summed E-state index contributed by atoms with van der Waals surface area (Å²) >= 11 is 0. The van der Waals surface area contributed by atoms with Crippen molar-refractivity contribution in [3.05, 3.63) is 27.8 Å². The van der Waals surface area contributed by atoms with Crippen molar-refractivity contribution >= 4 is 28.4 Å². The molecule has 2 rings (SSSR count). The molecule has 0 bridgehead atoms. The number of rotatable bonds is 1. The summed E-state index contributed by atoms with van der Waals surface area (Å²) in [7, 11) is 0. The number of nitrogens with two attached hydrogens (primary N) is 2. The van der Waals surface area contributed by atoms with Crippen molar-refractivity contribution in [1.29, 1.82) is 0 Å². The largest absolute Gasteiger partial charge is 0.383 e. The van der Waals surface area contributed by atoms with Gasteiger partial charge >= 0.3 is 0 Å². The van der Waals surface area contributed by atoms with Gasteiger partial charge in [-0.15, -0.1) is 0 Å². The Hall–Kier alpha value is -2.44. The molecule has 7 heteroatoms. The predicted octanol–water partition coefficient (Wildman–Crippen LogP) is 1.01. The average molecular weight is 219 g/mol. The van der Waals surface area contributed by atoms with E-state index in [1.807, 2.05) is 0 Å². The molecule has 0 radical (unpaired) electrons. The molecule has 0 atom stereocenters. The Kier molecular flexibility index (Phi) is 2.08. The molecule has 2 aromatic rings. The van der Waals surface area contributed by atoms with Crippen LogP contribution in [0.1, 0.15) is 5.56 Å². The van der Waals surface area contributed by atoms with E-state index in [1.165, 1.54) is 0 Å². The van der Waals surface area contributed by atoms with Crippen LogP contribution in [0.3, 0.4) is 0 Å². The maximum atomic E-state index is 10.9. The summed E-state index contributed by atoms with van der Waals surface area (Å²) in [6.45, 7) is 1.63. The number of hydrogen-bond donors (Lipinski definition) is 2. The Morgan fingerprint density at radius 3 is 2.62 bits per heavy atom. The third-order valence-corrected chi connectivity index (χ3v) is 2.27. The monoisotopic (exact) mass is 219 g/mol. The first-order chi connectivity index (χ1) is 7.50. The van der Waals surface area contributed by atoms with Crippen molar-refractivity contribution in [3.8, 4) is 0 Å². The highest BCUT2D eigenvalue weighted by Gasteiger charge is 2.19. The fourth-order valence-corrected chi connectivity index (χ4v) is 1.59. The third kappa shape index (κ3) is 1.38. The van der Waals surface area contributed by atoms with E-state index in [4.69, 9.17) is 11.5 Å². The van der Waals surface area contributed by atoms with Gasteiger partial charge in [0.05, 0.1) is 10.4 Å². The molecule has 0 spiro atoms. The lowest BCUT2D eigenvalue weighted by Gasteiger charge is -2.04. The van der Waals surface area contributed by atoms with Crippen LogP contribution in [0, 0.1) is 17.0 Å². The second-order valence-electron chi connectivity index (χ2n) is 3.35. The van der Waals surface area contributed by atoms with E-state index in [9.17, 15) is 10.1 Å². The summed E-state index contributed by atoms with van der Waals surface area (Å²) in [4.78, 5) is 18.1. The smallest absolute Gasteiger partial charge is 0.285 e. The van der Waals surface area contributed by atoms with Gasteiger partial charge in [0.1, 0.15) is 11.2 Å². The van der Waals surface area contributed by atoms with Gasteiger partial charge in [0, 0.05) is 5.56 Å². The van der Waals surface area contributed by atoms with Gasteiger partial charge in [-0.1, -0.05) is 6.07 Å². The number of hydrogen-bond acceptors (Lipinski definition) is 6. The highest BCUT2D eigenvalue weighted by Crippen LogP contribution is 2.31. The minimum absolute atomic E-state index is 0.00292. The molecular formula is C9H9N5O2. The number of nitro benzene ring substituents is 1. The van der Waals surface area contributed by atoms with Crippen LogP contribution < -0.4 is 11.5 Å². The maximum Gasteiger partial charge on any atom is 0.285 e. The highest BCUT2D eigenvalue weighted by molar-refractivity contribution is 5.97. The number of anilines is 2. The van der Waals surface area contributed by atoms with Gasteiger partial charge in [0.2, 0.25) is 5.95 Å². The van der Waals surface area contributed by atoms with Crippen LogP contribution in [0.2, 0.25) is 0 Å². The van der Waals surface area contributed by atoms with Crippen LogP contribution in [0.4, 0.5) is 17.5 Å². The van der Waals surface area contributed by atoms with Gasteiger partial charge in [0.25, 0.3) is 5.69 Å². The van der Waals surface area contributed by atoms with Gasteiger partial charge in [0.15, 0.2) is 0 Å². The molecule has 4 N–H and O–H groups in total. The molecule has 0 aliphatic carbocycles. The third-order valence-electron chi connectivity index (χ3n) is 2.27. The SMILES string of the molecule is Cc1ccc2nc(N)nc(N)c2c1[N+](=O)[O-]. The summed E-state index contributed by atoms with van der Waals surface area (Å²) < 4.78 is 0. The zero-order valence-electron chi connectivity index (χ0n) is 8.47. The molecule has 1 heterocycles. The van der Waals surface area contributed by atoms with Crippen LogP contribution in [-0.4, -0.2) is 14.9 Å². The van der Waals surface area contributed by atoms with E-state index in [-0.39, 0.29) is 22.8 Å². The molecule has 82 valence electrons. The van der Waals surface area contributed by atoms with E-state index < -0.39 is 4.92 Å². The normalized spacial score (nSPS) is 10.6. The second-order valence-corrected chi connectivity index (χ2v) is 3.35. The first-order valence-electron chi connectivity index (χ1n) is 4.47. The quantitative estimate of drug-likeness (QED) is 0.545. The van der Waals surface area contributed by atoms with E-state index in [2.05, 4.69) is 9.97 Å². The van der Waals surface area contributed by atoms with E-state index in [1.54, 1.807) is 19.1 Å². The van der Waals surface area contributed by atoms with Gasteiger partial charge in [-0.05, 0) is 13.0 Å². The topological polar surface area (TPSA) is 121 Å². The summed E-state index contributed by atoms with van der Waals surface area (Å²) in [6, 6.07) is 3.23. The van der Waals surface area contributed by atoms with E-state index in [0.29, 0.717) is 11.1 Å². The fraction of sp³-hybridized carbons (Fsp3) is 0.111. The summed E-state index contributed by atoms with van der Waals surface area (Å²) in [5.41, 5.74) is 11.9. The van der Waals surface area contributed by atoms with E-state index >= 15 is 0 Å². The molecular weight excluding hydrogens is 210 g/mol. The van der Waals surface area contributed by atoms with Crippen molar-refractivity contribution < 1.29 is 4.92 Å². The zero-order valence-corrected chi connectivity index (χ0v) is 8.47. The van der Waals surface area contributed by atoms with Gasteiger partial charge in [-0.25, -0.2) is 4.98 Å². The van der Waals surface area contributed by atoms with Crippen LogP contribution >= 0.6 is 0 Å². The Morgan fingerprint density at radius 2 is 2.00 bits per heavy atom. The molecule has 16 heavy (non-hydrogen) atoms. The fourth-order valence-electron chi connectivity index (χ4n) is 1.59. The van der Waals surface area contributed by atoms with Gasteiger partial charge < -0.3 is 11.5 Å². The van der Waals surface area contributed by atoms with Crippen molar-refractivity contribution in [2.24, 2.45) is 0 Å². The number of fused-ring (bicyclic) bond motifs is 1. The standard InChI is InChI=1S/C9H9N5O2/c1-4-2-3-5-6(7(4)14(15)16)8(10)13-9(11)12-5/h2-3H,1H3,(H4,10,11,12,13). The van der Waals surface area contributed by atoms with Crippen molar-refractivity contribution in [2.75, 3.05) is 11.5 Å². The molecule has 0 saturated carbocycles. The lowest BCUT2D eigenvalue weighted by Crippen LogP contribution is -2.03. The van der Waals surface area contributed by atoms with Crippen molar-refractivity contribution in [1.82, 2.24) is 9.97 Å². The summed E-state index contributed by atoms with van der Waals surface area (Å²) in [5, 5.41) is 11.2. The van der Waals surface area contributed by atoms with Crippen molar-refractivity contribution in [3.63, 3.8) is 0 Å². The minimum Gasteiger partial charge on any atom is -0.383 e. The molecule has 0 unspecified atom stereocenters. The number of nitro groups is 1. The summed E-state index contributed by atoms with van der Waals surface area (Å²) in [6.07, 6.45) is 0. The van der Waals surface area contributed by atoms with Crippen LogP contribution in [0.5, 0.6) is 0 Å². The molecule has 0 amide bonds. The van der Waals surface area contributed by atoms with Crippen LogP contribution in [0.25, 0.3) is 10.9 Å². The Balaban J connectivity index is 2.97. The molecule has 0 aliphatic rings. The molecule has 0 fully saturated rings. The Morgan fingerprint density at radius 1 is 1.31 bits per heavy atom. The highest BCUT2D eigenvalue weighted by atomic mass is 16.6.